The number of rotatable bonds is 6. The van der Waals surface area contributed by atoms with E-state index >= 15 is 0 Å². The van der Waals surface area contributed by atoms with Crippen molar-refractivity contribution < 1.29 is 14.3 Å². The summed E-state index contributed by atoms with van der Waals surface area (Å²) >= 11 is 0. The molecule has 3 heterocycles. The molecule has 0 unspecified atom stereocenters. The third-order valence-electron chi connectivity index (χ3n) is 6.20. The van der Waals surface area contributed by atoms with Crippen molar-refractivity contribution in [1.82, 2.24) is 15.2 Å². The molecule has 2 saturated heterocycles. The van der Waals surface area contributed by atoms with Gasteiger partial charge in [-0.05, 0) is 56.6 Å². The zero-order valence-corrected chi connectivity index (χ0v) is 17.4. The summed E-state index contributed by atoms with van der Waals surface area (Å²) < 4.78 is 11.8. The Kier molecular flexibility index (Phi) is 6.72. The standard InChI is InChI=1S/C23H33N3O3/c1-17-5-4-7-21-18(15-25-22(17)21)8-11-24-23(27)26-12-9-19(10-13-26)29-16-20-6-2-3-14-28-20/h4-5,7,15,19-20,25H,2-3,6,8-14,16H2,1H3,(H,24,27)/t20-/m1/s1. The number of urea groups is 1. The van der Waals surface area contributed by atoms with Crippen LogP contribution in [0.5, 0.6) is 0 Å². The first-order chi connectivity index (χ1) is 14.2. The van der Waals surface area contributed by atoms with Gasteiger partial charge in [-0.2, -0.15) is 0 Å². The lowest BCUT2D eigenvalue weighted by molar-refractivity contribution is -0.0728. The quantitative estimate of drug-likeness (QED) is 0.777. The molecule has 4 rings (SSSR count). The van der Waals surface area contributed by atoms with Gasteiger partial charge in [0.25, 0.3) is 0 Å². The molecule has 6 nitrogen and oxygen atoms in total. The fourth-order valence-electron chi connectivity index (χ4n) is 4.39. The molecular weight excluding hydrogens is 366 g/mol. The molecule has 2 N–H and O–H groups in total. The summed E-state index contributed by atoms with van der Waals surface area (Å²) in [6.45, 7) is 5.84. The molecule has 29 heavy (non-hydrogen) atoms. The molecule has 2 aliphatic heterocycles. The number of carbonyl (C=O) groups is 1. The van der Waals surface area contributed by atoms with Gasteiger partial charge in [0.2, 0.25) is 0 Å². The summed E-state index contributed by atoms with van der Waals surface area (Å²) in [6, 6.07) is 6.37. The van der Waals surface area contributed by atoms with Crippen molar-refractivity contribution in [3.8, 4) is 0 Å². The maximum atomic E-state index is 12.5. The Morgan fingerprint density at radius 3 is 2.93 bits per heavy atom. The summed E-state index contributed by atoms with van der Waals surface area (Å²) in [5.41, 5.74) is 3.69. The second kappa shape index (κ2) is 9.63. The van der Waals surface area contributed by atoms with Crippen molar-refractivity contribution in [3.05, 3.63) is 35.5 Å². The van der Waals surface area contributed by atoms with Crippen molar-refractivity contribution in [1.29, 1.82) is 0 Å². The van der Waals surface area contributed by atoms with Crippen LogP contribution < -0.4 is 5.32 Å². The summed E-state index contributed by atoms with van der Waals surface area (Å²) in [6.07, 6.45) is 8.73. The smallest absolute Gasteiger partial charge is 0.317 e. The van der Waals surface area contributed by atoms with Gasteiger partial charge in [-0.15, -0.1) is 0 Å². The van der Waals surface area contributed by atoms with Gasteiger partial charge in [0.05, 0.1) is 18.8 Å². The van der Waals surface area contributed by atoms with Crippen LogP contribution in [0.15, 0.2) is 24.4 Å². The van der Waals surface area contributed by atoms with Crippen LogP contribution in [0.3, 0.4) is 0 Å². The van der Waals surface area contributed by atoms with Crippen LogP contribution in [0.4, 0.5) is 4.79 Å². The van der Waals surface area contributed by atoms with Gasteiger partial charge < -0.3 is 24.7 Å². The lowest BCUT2D eigenvalue weighted by Gasteiger charge is -2.33. The maximum Gasteiger partial charge on any atom is 0.317 e. The second-order valence-electron chi connectivity index (χ2n) is 8.30. The first-order valence-corrected chi connectivity index (χ1v) is 11.0. The number of likely N-dealkylation sites (tertiary alicyclic amines) is 1. The molecule has 1 atom stereocenters. The molecule has 158 valence electrons. The van der Waals surface area contributed by atoms with Crippen LogP contribution in [0.2, 0.25) is 0 Å². The third kappa shape index (κ3) is 5.11. The van der Waals surface area contributed by atoms with E-state index in [2.05, 4.69) is 41.6 Å². The topological polar surface area (TPSA) is 66.6 Å². The van der Waals surface area contributed by atoms with Crippen molar-refractivity contribution in [2.75, 3.05) is 32.8 Å². The van der Waals surface area contributed by atoms with Crippen molar-refractivity contribution in [2.24, 2.45) is 0 Å². The zero-order valence-electron chi connectivity index (χ0n) is 17.4. The summed E-state index contributed by atoms with van der Waals surface area (Å²) in [5, 5.41) is 4.33. The Labute approximate surface area is 172 Å². The number of fused-ring (bicyclic) bond motifs is 1. The highest BCUT2D eigenvalue weighted by atomic mass is 16.5. The number of aromatic nitrogens is 1. The molecule has 0 radical (unpaired) electrons. The lowest BCUT2D eigenvalue weighted by Crippen LogP contribution is -2.46. The number of piperidine rings is 1. The monoisotopic (exact) mass is 399 g/mol. The number of H-pyrrole nitrogens is 1. The van der Waals surface area contributed by atoms with E-state index in [0.29, 0.717) is 13.2 Å². The first kappa shape index (κ1) is 20.2. The Morgan fingerprint density at radius 2 is 2.14 bits per heavy atom. The molecular formula is C23H33N3O3. The maximum absolute atomic E-state index is 12.5. The number of hydrogen-bond donors (Lipinski definition) is 2. The summed E-state index contributed by atoms with van der Waals surface area (Å²) in [4.78, 5) is 17.8. The second-order valence-corrected chi connectivity index (χ2v) is 8.30. The molecule has 2 fully saturated rings. The highest BCUT2D eigenvalue weighted by molar-refractivity contribution is 5.86. The highest BCUT2D eigenvalue weighted by Gasteiger charge is 2.24. The van der Waals surface area contributed by atoms with E-state index in [1.165, 1.54) is 34.9 Å². The molecule has 1 aromatic carbocycles. The van der Waals surface area contributed by atoms with Crippen LogP contribution in [0.1, 0.15) is 43.2 Å². The third-order valence-corrected chi connectivity index (χ3v) is 6.20. The van der Waals surface area contributed by atoms with Gasteiger partial charge in [0.15, 0.2) is 0 Å². The Hall–Kier alpha value is -2.05. The molecule has 2 aromatic rings. The number of aromatic amines is 1. The number of ether oxygens (including phenoxy) is 2. The molecule has 0 saturated carbocycles. The van der Waals surface area contributed by atoms with E-state index in [0.717, 1.165) is 45.4 Å². The van der Waals surface area contributed by atoms with E-state index in [9.17, 15) is 4.79 Å². The average Bonchev–Trinajstić information content (AvgIpc) is 3.18. The van der Waals surface area contributed by atoms with Crippen LogP contribution in [0.25, 0.3) is 10.9 Å². The SMILES string of the molecule is Cc1cccc2c(CCNC(=O)N3CCC(OC[C@H]4CCCCO4)CC3)c[nH]c12. The fraction of sp³-hybridized carbons (Fsp3) is 0.609. The van der Waals surface area contributed by atoms with Crippen LogP contribution in [-0.2, 0) is 15.9 Å². The van der Waals surface area contributed by atoms with Gasteiger partial charge in [-0.3, -0.25) is 0 Å². The van der Waals surface area contributed by atoms with Crippen molar-refractivity contribution in [2.45, 2.75) is 57.7 Å². The predicted octanol–water partition coefficient (Wildman–Crippen LogP) is 3.78. The summed E-state index contributed by atoms with van der Waals surface area (Å²) in [7, 11) is 0. The van der Waals surface area contributed by atoms with E-state index in [1.807, 2.05) is 4.90 Å². The van der Waals surface area contributed by atoms with Crippen LogP contribution in [-0.4, -0.2) is 61.0 Å². The minimum Gasteiger partial charge on any atom is -0.376 e. The molecule has 2 amide bonds. The Morgan fingerprint density at radius 1 is 1.28 bits per heavy atom. The number of nitrogens with one attached hydrogen (secondary N) is 2. The molecule has 2 aliphatic rings. The minimum atomic E-state index is 0.0371. The molecule has 1 aromatic heterocycles. The first-order valence-electron chi connectivity index (χ1n) is 11.0. The predicted molar refractivity (Wildman–Crippen MR) is 114 cm³/mol. The average molecular weight is 400 g/mol. The van der Waals surface area contributed by atoms with Crippen LogP contribution in [0, 0.1) is 6.92 Å². The van der Waals surface area contributed by atoms with Crippen LogP contribution >= 0.6 is 0 Å². The number of amides is 2. The lowest BCUT2D eigenvalue weighted by atomic mass is 10.1. The number of nitrogens with zero attached hydrogens (tertiary/aromatic N) is 1. The number of aryl methyl sites for hydroxylation is 1. The van der Waals surface area contributed by atoms with E-state index in [4.69, 9.17) is 9.47 Å². The van der Waals surface area contributed by atoms with Gasteiger partial charge >= 0.3 is 6.03 Å². The highest BCUT2D eigenvalue weighted by Crippen LogP contribution is 2.21. The largest absolute Gasteiger partial charge is 0.376 e. The zero-order chi connectivity index (χ0) is 20.1. The fourth-order valence-corrected chi connectivity index (χ4v) is 4.39. The van der Waals surface area contributed by atoms with Crippen molar-refractivity contribution >= 4 is 16.9 Å². The normalized spacial score (nSPS) is 20.9. The minimum absolute atomic E-state index is 0.0371. The van der Waals surface area contributed by atoms with Gasteiger partial charge in [-0.1, -0.05) is 18.2 Å². The number of benzene rings is 1. The Bertz CT molecular complexity index is 805. The number of hydrogen-bond acceptors (Lipinski definition) is 3. The number of carbonyl (C=O) groups excluding carboxylic acids is 1. The van der Waals surface area contributed by atoms with Gasteiger partial charge in [-0.25, -0.2) is 4.79 Å². The van der Waals surface area contributed by atoms with E-state index in [-0.39, 0.29) is 18.2 Å². The summed E-state index contributed by atoms with van der Waals surface area (Å²) in [5.74, 6) is 0. The van der Waals surface area contributed by atoms with Crippen molar-refractivity contribution in [3.63, 3.8) is 0 Å². The van der Waals surface area contributed by atoms with Gasteiger partial charge in [0.1, 0.15) is 0 Å². The Balaban J connectivity index is 1.16. The molecule has 0 bridgehead atoms. The number of para-hydroxylation sites is 1. The van der Waals surface area contributed by atoms with E-state index in [1.54, 1.807) is 0 Å². The molecule has 6 heteroatoms. The molecule has 0 aliphatic carbocycles. The molecule has 0 spiro atoms. The van der Waals surface area contributed by atoms with Gasteiger partial charge in [0, 0.05) is 43.3 Å². The van der Waals surface area contributed by atoms with E-state index < -0.39 is 0 Å².